The van der Waals surface area contributed by atoms with Crippen molar-refractivity contribution in [2.75, 3.05) is 11.9 Å². The van der Waals surface area contributed by atoms with Crippen LogP contribution in [0.4, 0.5) is 24.5 Å². The SMILES string of the molecule is CN(c1ccc(Cl)cc1)c1ccc(C(=O)c2ccc(C(=O)c3ccc(C(F)(F)F)cc3)c(C(=O)O)c2)nc1. The van der Waals surface area contributed by atoms with Crippen molar-refractivity contribution in [3.05, 3.63) is 124 Å². The molecule has 4 rings (SSSR count). The summed E-state index contributed by atoms with van der Waals surface area (Å²) in [6, 6.07) is 17.2. The van der Waals surface area contributed by atoms with E-state index in [0.29, 0.717) is 10.7 Å². The molecule has 0 radical (unpaired) electrons. The maximum Gasteiger partial charge on any atom is 0.416 e. The number of carboxylic acids is 1. The lowest BCUT2D eigenvalue weighted by Gasteiger charge is -2.19. The van der Waals surface area contributed by atoms with Gasteiger partial charge in [-0.25, -0.2) is 4.79 Å². The van der Waals surface area contributed by atoms with E-state index in [9.17, 15) is 32.7 Å². The number of pyridine rings is 1. The zero-order valence-corrected chi connectivity index (χ0v) is 20.4. The summed E-state index contributed by atoms with van der Waals surface area (Å²) in [6.45, 7) is 0. The average molecular weight is 539 g/mol. The van der Waals surface area contributed by atoms with E-state index >= 15 is 0 Å². The molecule has 0 spiro atoms. The molecular weight excluding hydrogens is 521 g/mol. The summed E-state index contributed by atoms with van der Waals surface area (Å²) in [5, 5.41) is 10.3. The number of hydrogen-bond acceptors (Lipinski definition) is 5. The van der Waals surface area contributed by atoms with Crippen molar-refractivity contribution in [1.82, 2.24) is 4.98 Å². The molecule has 3 aromatic carbocycles. The number of ketones is 2. The van der Waals surface area contributed by atoms with Gasteiger partial charge in [0.15, 0.2) is 5.78 Å². The maximum absolute atomic E-state index is 13.0. The van der Waals surface area contributed by atoms with E-state index in [4.69, 9.17) is 11.6 Å². The molecule has 0 amide bonds. The lowest BCUT2D eigenvalue weighted by molar-refractivity contribution is -0.137. The highest BCUT2D eigenvalue weighted by Crippen LogP contribution is 2.30. The van der Waals surface area contributed by atoms with Crippen LogP contribution in [-0.4, -0.2) is 34.7 Å². The van der Waals surface area contributed by atoms with Crippen LogP contribution in [0.3, 0.4) is 0 Å². The second-order valence-corrected chi connectivity index (χ2v) is 8.67. The highest BCUT2D eigenvalue weighted by atomic mass is 35.5. The van der Waals surface area contributed by atoms with Crippen LogP contribution in [0.25, 0.3) is 0 Å². The van der Waals surface area contributed by atoms with Crippen LogP contribution < -0.4 is 4.90 Å². The first-order chi connectivity index (χ1) is 18.0. The molecule has 0 saturated heterocycles. The van der Waals surface area contributed by atoms with E-state index in [1.165, 1.54) is 24.4 Å². The van der Waals surface area contributed by atoms with E-state index in [-0.39, 0.29) is 22.4 Å². The third-order valence-corrected chi connectivity index (χ3v) is 6.06. The Morgan fingerprint density at radius 3 is 1.95 bits per heavy atom. The standard InChI is InChI=1S/C28H18ClF3N2O4/c1-34(20-9-7-19(29)8-10-20)21-11-13-24(33-15-21)26(36)17-4-12-22(23(14-17)27(37)38)25(35)16-2-5-18(6-3-16)28(30,31)32/h2-15H,1H3,(H,37,38). The van der Waals surface area contributed by atoms with Gasteiger partial charge in [0.1, 0.15) is 5.69 Å². The van der Waals surface area contributed by atoms with Gasteiger partial charge in [-0.05, 0) is 60.7 Å². The Morgan fingerprint density at radius 2 is 1.39 bits per heavy atom. The first kappa shape index (κ1) is 26.6. The molecule has 1 heterocycles. The average Bonchev–Trinajstić information content (AvgIpc) is 2.91. The summed E-state index contributed by atoms with van der Waals surface area (Å²) in [6.07, 6.45) is -3.09. The second-order valence-electron chi connectivity index (χ2n) is 8.24. The zero-order valence-electron chi connectivity index (χ0n) is 19.7. The third kappa shape index (κ3) is 5.57. The highest BCUT2D eigenvalue weighted by Gasteiger charge is 2.30. The van der Waals surface area contributed by atoms with Gasteiger partial charge in [0.25, 0.3) is 0 Å². The number of hydrogen-bond donors (Lipinski definition) is 1. The lowest BCUT2D eigenvalue weighted by atomic mass is 9.94. The van der Waals surface area contributed by atoms with E-state index in [1.54, 1.807) is 18.2 Å². The molecule has 0 atom stereocenters. The van der Waals surface area contributed by atoms with Crippen LogP contribution in [0.5, 0.6) is 0 Å². The molecule has 4 aromatic rings. The van der Waals surface area contributed by atoms with E-state index in [0.717, 1.165) is 36.0 Å². The van der Waals surface area contributed by atoms with E-state index < -0.39 is 34.8 Å². The largest absolute Gasteiger partial charge is 0.478 e. The van der Waals surface area contributed by atoms with Crippen LogP contribution in [0.1, 0.15) is 47.9 Å². The van der Waals surface area contributed by atoms with Gasteiger partial charge in [0.2, 0.25) is 5.78 Å². The molecule has 0 fully saturated rings. The summed E-state index contributed by atoms with van der Waals surface area (Å²) in [5.74, 6) is -2.83. The summed E-state index contributed by atoms with van der Waals surface area (Å²) in [4.78, 5) is 43.8. The molecule has 0 aliphatic carbocycles. The molecule has 6 nitrogen and oxygen atoms in total. The zero-order chi connectivity index (χ0) is 27.6. The van der Waals surface area contributed by atoms with Crippen molar-refractivity contribution in [3.8, 4) is 0 Å². The van der Waals surface area contributed by atoms with Crippen molar-refractivity contribution in [1.29, 1.82) is 0 Å². The van der Waals surface area contributed by atoms with Gasteiger partial charge in [0, 0.05) is 34.4 Å². The third-order valence-electron chi connectivity index (χ3n) is 5.81. The number of rotatable bonds is 7. The van der Waals surface area contributed by atoms with Gasteiger partial charge >= 0.3 is 12.1 Å². The Balaban J connectivity index is 1.58. The number of aromatic nitrogens is 1. The highest BCUT2D eigenvalue weighted by molar-refractivity contribution is 6.30. The molecule has 38 heavy (non-hydrogen) atoms. The molecule has 0 aliphatic rings. The summed E-state index contributed by atoms with van der Waals surface area (Å²) in [7, 11) is 1.81. The Kier molecular flexibility index (Phi) is 7.32. The lowest BCUT2D eigenvalue weighted by Crippen LogP contribution is -2.14. The Hall–Kier alpha value is -4.50. The second kappa shape index (κ2) is 10.5. The van der Waals surface area contributed by atoms with Crippen LogP contribution in [-0.2, 0) is 6.18 Å². The number of aromatic carboxylic acids is 1. The fraction of sp³-hybridized carbons (Fsp3) is 0.0714. The van der Waals surface area contributed by atoms with Crippen LogP contribution in [0.2, 0.25) is 5.02 Å². The Bertz CT molecular complexity index is 1520. The Labute approximate surface area is 219 Å². The quantitative estimate of drug-likeness (QED) is 0.264. The molecule has 0 saturated carbocycles. The van der Waals surface area contributed by atoms with Crippen molar-refractivity contribution in [3.63, 3.8) is 0 Å². The number of benzene rings is 3. The van der Waals surface area contributed by atoms with Gasteiger partial charge in [0.05, 0.1) is 23.0 Å². The Morgan fingerprint density at radius 1 is 0.789 bits per heavy atom. The molecule has 10 heteroatoms. The van der Waals surface area contributed by atoms with Crippen molar-refractivity contribution in [2.45, 2.75) is 6.18 Å². The molecule has 1 aromatic heterocycles. The van der Waals surface area contributed by atoms with Gasteiger partial charge in [-0.1, -0.05) is 29.8 Å². The fourth-order valence-corrected chi connectivity index (χ4v) is 3.83. The first-order valence-electron chi connectivity index (χ1n) is 11.0. The van der Waals surface area contributed by atoms with Crippen LogP contribution in [0.15, 0.2) is 85.1 Å². The van der Waals surface area contributed by atoms with Gasteiger partial charge < -0.3 is 10.0 Å². The predicted octanol–water partition coefficient (Wildman–Crippen LogP) is 6.68. The van der Waals surface area contributed by atoms with Crippen molar-refractivity contribution >= 4 is 40.5 Å². The van der Waals surface area contributed by atoms with E-state index in [1.807, 2.05) is 24.1 Å². The molecular formula is C28H18ClF3N2O4. The minimum absolute atomic E-state index is 0.0160. The minimum Gasteiger partial charge on any atom is -0.478 e. The summed E-state index contributed by atoms with van der Waals surface area (Å²) < 4.78 is 38.5. The van der Waals surface area contributed by atoms with Crippen LogP contribution >= 0.6 is 11.6 Å². The van der Waals surface area contributed by atoms with Gasteiger partial charge in [-0.3, -0.25) is 14.6 Å². The smallest absolute Gasteiger partial charge is 0.416 e. The van der Waals surface area contributed by atoms with Gasteiger partial charge in [-0.2, -0.15) is 13.2 Å². The van der Waals surface area contributed by atoms with Crippen molar-refractivity contribution in [2.24, 2.45) is 0 Å². The number of carboxylic acid groups (broad SMARTS) is 1. The molecule has 0 bridgehead atoms. The number of nitrogens with zero attached hydrogens (tertiary/aromatic N) is 2. The minimum atomic E-state index is -4.58. The summed E-state index contributed by atoms with van der Waals surface area (Å²) >= 11 is 5.92. The summed E-state index contributed by atoms with van der Waals surface area (Å²) in [5.41, 5.74) is -0.217. The number of carbonyl (C=O) groups is 3. The molecule has 192 valence electrons. The predicted molar refractivity (Wildman–Crippen MR) is 135 cm³/mol. The number of anilines is 2. The van der Waals surface area contributed by atoms with Crippen molar-refractivity contribution < 1.29 is 32.7 Å². The topological polar surface area (TPSA) is 87.6 Å². The maximum atomic E-state index is 13.0. The number of halogens is 4. The normalized spacial score (nSPS) is 11.2. The monoisotopic (exact) mass is 538 g/mol. The number of alkyl halides is 3. The van der Waals surface area contributed by atoms with Gasteiger partial charge in [-0.15, -0.1) is 0 Å². The number of carbonyl (C=O) groups excluding carboxylic acids is 2. The van der Waals surface area contributed by atoms with Crippen LogP contribution in [0, 0.1) is 0 Å². The first-order valence-corrected chi connectivity index (χ1v) is 11.4. The van der Waals surface area contributed by atoms with E-state index in [2.05, 4.69) is 4.98 Å². The molecule has 1 N–H and O–H groups in total. The molecule has 0 unspecified atom stereocenters. The molecule has 0 aliphatic heterocycles. The fourth-order valence-electron chi connectivity index (χ4n) is 3.71.